The average molecular weight is 290 g/mol. The monoisotopic (exact) mass is 290 g/mol. The van der Waals surface area contributed by atoms with E-state index in [9.17, 15) is 0 Å². The fraction of sp³-hybridized carbons (Fsp3) is 0.706. The fourth-order valence-electron chi connectivity index (χ4n) is 3.14. The molecule has 2 rings (SSSR count). The smallest absolute Gasteiger partial charge is 0.0446 e. The van der Waals surface area contributed by atoms with Crippen molar-refractivity contribution in [3.63, 3.8) is 0 Å². The molecule has 0 amide bonds. The van der Waals surface area contributed by atoms with Gasteiger partial charge in [0.15, 0.2) is 0 Å². The lowest BCUT2D eigenvalue weighted by Gasteiger charge is -2.25. The normalized spacial score (nSPS) is 22.6. The van der Waals surface area contributed by atoms with Gasteiger partial charge in [-0.3, -0.25) is 4.98 Å². The quantitative estimate of drug-likeness (QED) is 0.901. The predicted molar refractivity (Wildman–Crippen MR) is 89.8 cm³/mol. The number of likely N-dealkylation sites (N-methyl/N-ethyl adjacent to an activating group) is 1. The minimum Gasteiger partial charge on any atom is -0.369 e. The molecule has 1 aromatic rings. The number of nitrogens with zero attached hydrogens (tertiary/aromatic N) is 3. The van der Waals surface area contributed by atoms with Crippen LogP contribution in [-0.2, 0) is 6.54 Å². The summed E-state index contributed by atoms with van der Waals surface area (Å²) < 4.78 is 0. The second-order valence-corrected chi connectivity index (χ2v) is 6.90. The molecule has 1 aromatic heterocycles. The maximum absolute atomic E-state index is 4.49. The van der Waals surface area contributed by atoms with E-state index in [0.717, 1.165) is 25.3 Å². The van der Waals surface area contributed by atoms with Gasteiger partial charge in [-0.05, 0) is 33.0 Å². The molecule has 0 radical (unpaired) electrons. The molecule has 1 fully saturated rings. The Balaban J connectivity index is 2.20. The molecular formula is C17H30N4. The summed E-state index contributed by atoms with van der Waals surface area (Å²) >= 11 is 0. The first-order chi connectivity index (χ1) is 9.88. The van der Waals surface area contributed by atoms with Crippen LogP contribution in [0.15, 0.2) is 12.3 Å². The number of hydrogen-bond donors (Lipinski definition) is 1. The molecule has 4 nitrogen and oxygen atoms in total. The highest BCUT2D eigenvalue weighted by atomic mass is 15.2. The number of aryl methyl sites for hydroxylation is 1. The molecule has 0 aliphatic carbocycles. The third-order valence-electron chi connectivity index (χ3n) is 4.38. The average Bonchev–Trinajstić information content (AvgIpc) is 2.79. The summed E-state index contributed by atoms with van der Waals surface area (Å²) in [4.78, 5) is 9.37. The minimum atomic E-state index is 0.492. The molecule has 2 atom stereocenters. The van der Waals surface area contributed by atoms with E-state index < -0.39 is 0 Å². The standard InChI is InChI=1S/C17H30N4/c1-12(2)18-8-15-9-19-14(4)7-16(15)21-10-13(3)17(11-21)20(5)6/h7,9,12-13,17-18H,8,10-11H2,1-6H3. The molecule has 21 heavy (non-hydrogen) atoms. The Labute approximate surface area is 129 Å². The molecule has 1 saturated heterocycles. The number of nitrogens with one attached hydrogen (secondary N) is 1. The van der Waals surface area contributed by atoms with Crippen LogP contribution in [0.5, 0.6) is 0 Å². The summed E-state index contributed by atoms with van der Waals surface area (Å²) in [6, 6.07) is 3.36. The van der Waals surface area contributed by atoms with Gasteiger partial charge in [0.05, 0.1) is 0 Å². The number of aromatic nitrogens is 1. The van der Waals surface area contributed by atoms with Crippen molar-refractivity contribution in [1.29, 1.82) is 0 Å². The molecule has 1 aliphatic rings. The van der Waals surface area contributed by atoms with Gasteiger partial charge in [0.2, 0.25) is 0 Å². The van der Waals surface area contributed by atoms with E-state index in [0.29, 0.717) is 18.0 Å². The van der Waals surface area contributed by atoms with Crippen LogP contribution in [0, 0.1) is 12.8 Å². The zero-order chi connectivity index (χ0) is 15.6. The summed E-state index contributed by atoms with van der Waals surface area (Å²) in [5.74, 6) is 0.694. The molecule has 1 N–H and O–H groups in total. The highest BCUT2D eigenvalue weighted by molar-refractivity contribution is 5.55. The zero-order valence-electron chi connectivity index (χ0n) is 14.3. The Morgan fingerprint density at radius 1 is 1.38 bits per heavy atom. The lowest BCUT2D eigenvalue weighted by Crippen LogP contribution is -2.34. The van der Waals surface area contributed by atoms with Crippen molar-refractivity contribution in [3.05, 3.63) is 23.5 Å². The molecule has 1 aliphatic heterocycles. The van der Waals surface area contributed by atoms with E-state index >= 15 is 0 Å². The van der Waals surface area contributed by atoms with Gasteiger partial charge >= 0.3 is 0 Å². The van der Waals surface area contributed by atoms with Crippen molar-refractivity contribution in [2.45, 2.75) is 46.3 Å². The molecule has 0 spiro atoms. The van der Waals surface area contributed by atoms with Crippen LogP contribution in [0.3, 0.4) is 0 Å². The Hall–Kier alpha value is -1.13. The molecule has 0 saturated carbocycles. The number of rotatable bonds is 5. The molecule has 118 valence electrons. The number of hydrogen-bond acceptors (Lipinski definition) is 4. The van der Waals surface area contributed by atoms with Gasteiger partial charge in [0.1, 0.15) is 0 Å². The Morgan fingerprint density at radius 3 is 2.67 bits per heavy atom. The summed E-state index contributed by atoms with van der Waals surface area (Å²) in [6.07, 6.45) is 2.04. The summed E-state index contributed by atoms with van der Waals surface area (Å²) in [5.41, 5.74) is 3.76. The van der Waals surface area contributed by atoms with Gasteiger partial charge < -0.3 is 15.1 Å². The Kier molecular flexibility index (Phi) is 5.22. The molecular weight excluding hydrogens is 260 g/mol. The van der Waals surface area contributed by atoms with Crippen molar-refractivity contribution in [2.75, 3.05) is 32.1 Å². The fourth-order valence-corrected chi connectivity index (χ4v) is 3.14. The predicted octanol–water partition coefficient (Wildman–Crippen LogP) is 2.27. The largest absolute Gasteiger partial charge is 0.369 e. The first-order valence-electron chi connectivity index (χ1n) is 7.98. The summed E-state index contributed by atoms with van der Waals surface area (Å²) in [6.45, 7) is 11.9. The highest BCUT2D eigenvalue weighted by Gasteiger charge is 2.32. The van der Waals surface area contributed by atoms with Crippen LogP contribution >= 0.6 is 0 Å². The van der Waals surface area contributed by atoms with Gasteiger partial charge in [0, 0.05) is 54.9 Å². The second-order valence-electron chi connectivity index (χ2n) is 6.90. The summed E-state index contributed by atoms with van der Waals surface area (Å²) in [7, 11) is 4.37. The van der Waals surface area contributed by atoms with Crippen molar-refractivity contribution in [1.82, 2.24) is 15.2 Å². The molecule has 0 aromatic carbocycles. The SMILES string of the molecule is Cc1cc(N2CC(C)C(N(C)C)C2)c(CNC(C)C)cn1. The highest BCUT2D eigenvalue weighted by Crippen LogP contribution is 2.29. The Bertz CT molecular complexity index is 470. The zero-order valence-corrected chi connectivity index (χ0v) is 14.3. The number of pyridine rings is 1. The van der Waals surface area contributed by atoms with Crippen LogP contribution < -0.4 is 10.2 Å². The maximum atomic E-state index is 4.49. The van der Waals surface area contributed by atoms with Crippen LogP contribution in [0.2, 0.25) is 0 Å². The number of anilines is 1. The van der Waals surface area contributed by atoms with E-state index in [2.05, 4.69) is 68.0 Å². The van der Waals surface area contributed by atoms with E-state index in [1.54, 1.807) is 0 Å². The first kappa shape index (κ1) is 16.2. The Morgan fingerprint density at radius 2 is 2.10 bits per heavy atom. The molecule has 0 bridgehead atoms. The van der Waals surface area contributed by atoms with Crippen LogP contribution in [0.25, 0.3) is 0 Å². The van der Waals surface area contributed by atoms with Crippen molar-refractivity contribution in [3.8, 4) is 0 Å². The van der Waals surface area contributed by atoms with Crippen molar-refractivity contribution in [2.24, 2.45) is 5.92 Å². The van der Waals surface area contributed by atoms with Gasteiger partial charge in [-0.25, -0.2) is 0 Å². The van der Waals surface area contributed by atoms with Crippen LogP contribution in [0.1, 0.15) is 32.0 Å². The van der Waals surface area contributed by atoms with E-state index in [4.69, 9.17) is 0 Å². The third-order valence-corrected chi connectivity index (χ3v) is 4.38. The third kappa shape index (κ3) is 3.95. The van der Waals surface area contributed by atoms with Gasteiger partial charge in [0.25, 0.3) is 0 Å². The van der Waals surface area contributed by atoms with Gasteiger partial charge in [-0.2, -0.15) is 0 Å². The minimum absolute atomic E-state index is 0.492. The lowest BCUT2D eigenvalue weighted by molar-refractivity contribution is 0.266. The summed E-state index contributed by atoms with van der Waals surface area (Å²) in [5, 5.41) is 3.51. The van der Waals surface area contributed by atoms with E-state index in [1.807, 2.05) is 6.20 Å². The van der Waals surface area contributed by atoms with Crippen LogP contribution in [0.4, 0.5) is 5.69 Å². The van der Waals surface area contributed by atoms with Crippen molar-refractivity contribution < 1.29 is 0 Å². The molecule has 4 heteroatoms. The lowest BCUT2D eigenvalue weighted by atomic mass is 10.1. The van der Waals surface area contributed by atoms with Gasteiger partial charge in [-0.15, -0.1) is 0 Å². The molecule has 2 heterocycles. The molecule has 2 unspecified atom stereocenters. The van der Waals surface area contributed by atoms with Gasteiger partial charge in [-0.1, -0.05) is 20.8 Å². The van der Waals surface area contributed by atoms with Crippen molar-refractivity contribution >= 4 is 5.69 Å². The first-order valence-corrected chi connectivity index (χ1v) is 7.98. The van der Waals surface area contributed by atoms with E-state index in [1.165, 1.54) is 11.3 Å². The maximum Gasteiger partial charge on any atom is 0.0446 e. The van der Waals surface area contributed by atoms with E-state index in [-0.39, 0.29) is 0 Å². The second kappa shape index (κ2) is 6.75. The topological polar surface area (TPSA) is 31.4 Å². The van der Waals surface area contributed by atoms with Crippen LogP contribution in [-0.4, -0.2) is 49.2 Å².